The number of hydrogen-bond acceptors (Lipinski definition) is 4. The van der Waals surface area contributed by atoms with Gasteiger partial charge in [-0.25, -0.2) is 4.98 Å². The highest BCUT2D eigenvalue weighted by Crippen LogP contribution is 2.28. The van der Waals surface area contributed by atoms with Crippen LogP contribution >= 0.6 is 11.6 Å². The van der Waals surface area contributed by atoms with Gasteiger partial charge in [-0.1, -0.05) is 29.8 Å². The zero-order chi connectivity index (χ0) is 17.1. The number of rotatable bonds is 4. The van der Waals surface area contributed by atoms with E-state index in [1.54, 1.807) is 0 Å². The van der Waals surface area contributed by atoms with Crippen molar-refractivity contribution in [3.8, 4) is 5.75 Å². The Morgan fingerprint density at radius 3 is 2.72 bits per heavy atom. The standard InChI is InChI=1S/C20H24ClN3O/c21-20-9-8-17(12-22-20)24-11-10-23-13-16(6-7-18(23)14-24)15-25-19-4-2-1-3-5-19/h1-5,8-9,12,16,18H,6-7,10-11,13-15H2. The van der Waals surface area contributed by atoms with Gasteiger partial charge in [-0.15, -0.1) is 0 Å². The van der Waals surface area contributed by atoms with E-state index >= 15 is 0 Å². The average Bonchev–Trinajstić information content (AvgIpc) is 2.67. The van der Waals surface area contributed by atoms with Gasteiger partial charge in [0.25, 0.3) is 0 Å². The van der Waals surface area contributed by atoms with E-state index in [-0.39, 0.29) is 0 Å². The molecule has 0 aliphatic carbocycles. The van der Waals surface area contributed by atoms with Gasteiger partial charge in [-0.2, -0.15) is 0 Å². The van der Waals surface area contributed by atoms with Crippen molar-refractivity contribution in [2.45, 2.75) is 18.9 Å². The highest BCUT2D eigenvalue weighted by molar-refractivity contribution is 6.29. The molecule has 2 aliphatic heterocycles. The fourth-order valence-electron chi connectivity index (χ4n) is 3.91. The van der Waals surface area contributed by atoms with E-state index in [2.05, 4.69) is 20.9 Å². The summed E-state index contributed by atoms with van der Waals surface area (Å²) >= 11 is 5.90. The number of aromatic nitrogens is 1. The number of hydrogen-bond donors (Lipinski definition) is 0. The highest BCUT2D eigenvalue weighted by Gasteiger charge is 2.33. The Balaban J connectivity index is 1.30. The Morgan fingerprint density at radius 2 is 1.92 bits per heavy atom. The molecule has 3 heterocycles. The molecule has 1 aromatic heterocycles. The predicted octanol–water partition coefficient (Wildman–Crippen LogP) is 3.71. The smallest absolute Gasteiger partial charge is 0.129 e. The second kappa shape index (κ2) is 7.63. The van der Waals surface area contributed by atoms with Crippen LogP contribution in [0.25, 0.3) is 0 Å². The molecular weight excluding hydrogens is 334 g/mol. The van der Waals surface area contributed by atoms with E-state index in [9.17, 15) is 0 Å². The lowest BCUT2D eigenvalue weighted by Gasteiger charge is -2.46. The number of anilines is 1. The van der Waals surface area contributed by atoms with Crippen molar-refractivity contribution < 1.29 is 4.74 Å². The molecule has 0 bridgehead atoms. The van der Waals surface area contributed by atoms with Crippen LogP contribution in [0.15, 0.2) is 48.7 Å². The Hall–Kier alpha value is -1.78. The number of piperazine rings is 1. The van der Waals surface area contributed by atoms with Crippen molar-refractivity contribution in [1.82, 2.24) is 9.88 Å². The van der Waals surface area contributed by atoms with Crippen molar-refractivity contribution in [1.29, 1.82) is 0 Å². The minimum atomic E-state index is 0.557. The summed E-state index contributed by atoms with van der Waals surface area (Å²) in [6.45, 7) is 5.19. The van der Waals surface area contributed by atoms with Crippen molar-refractivity contribution in [3.05, 3.63) is 53.8 Å². The summed E-state index contributed by atoms with van der Waals surface area (Å²) < 4.78 is 5.97. The summed E-state index contributed by atoms with van der Waals surface area (Å²) in [5, 5.41) is 0.557. The number of para-hydroxylation sites is 1. The van der Waals surface area contributed by atoms with Gasteiger partial charge in [0.2, 0.25) is 0 Å². The maximum atomic E-state index is 5.97. The Kier molecular flexibility index (Phi) is 5.09. The monoisotopic (exact) mass is 357 g/mol. The molecule has 2 aromatic rings. The molecule has 4 rings (SSSR count). The van der Waals surface area contributed by atoms with E-state index in [4.69, 9.17) is 16.3 Å². The predicted molar refractivity (Wildman–Crippen MR) is 101 cm³/mol. The van der Waals surface area contributed by atoms with Gasteiger partial charge in [0.1, 0.15) is 10.9 Å². The summed E-state index contributed by atoms with van der Waals surface area (Å²) in [6, 6.07) is 14.7. The topological polar surface area (TPSA) is 28.6 Å². The van der Waals surface area contributed by atoms with Gasteiger partial charge in [-0.05, 0) is 37.1 Å². The molecule has 2 atom stereocenters. The molecule has 2 aliphatic rings. The first-order chi connectivity index (χ1) is 12.3. The molecule has 2 fully saturated rings. The quantitative estimate of drug-likeness (QED) is 0.780. The van der Waals surface area contributed by atoms with Crippen LogP contribution in [0.2, 0.25) is 5.15 Å². The van der Waals surface area contributed by atoms with Crippen molar-refractivity contribution in [2.24, 2.45) is 5.92 Å². The van der Waals surface area contributed by atoms with Crippen LogP contribution in [0, 0.1) is 5.92 Å². The molecule has 5 heteroatoms. The van der Waals surface area contributed by atoms with Crippen LogP contribution in [0.3, 0.4) is 0 Å². The normalized spacial score (nSPS) is 24.0. The Morgan fingerprint density at radius 1 is 1.04 bits per heavy atom. The first-order valence-electron chi connectivity index (χ1n) is 9.06. The minimum Gasteiger partial charge on any atom is -0.493 e. The molecular formula is C20H24ClN3O. The second-order valence-electron chi connectivity index (χ2n) is 7.00. The van der Waals surface area contributed by atoms with Gasteiger partial charge in [0, 0.05) is 38.1 Å². The van der Waals surface area contributed by atoms with Crippen molar-refractivity contribution in [2.75, 3.05) is 37.7 Å². The summed E-state index contributed by atoms with van der Waals surface area (Å²) in [5.74, 6) is 1.60. The Labute approximate surface area is 154 Å². The molecule has 0 spiro atoms. The number of benzene rings is 1. The van der Waals surface area contributed by atoms with Crippen LogP contribution in [0.5, 0.6) is 5.75 Å². The lowest BCUT2D eigenvalue weighted by atomic mass is 9.91. The molecule has 2 unspecified atom stereocenters. The number of fused-ring (bicyclic) bond motifs is 1. The number of halogens is 1. The van der Waals surface area contributed by atoms with Crippen LogP contribution in [0.4, 0.5) is 5.69 Å². The zero-order valence-electron chi connectivity index (χ0n) is 14.4. The molecule has 0 radical (unpaired) electrons. The van der Waals surface area contributed by atoms with E-state index in [0.29, 0.717) is 17.1 Å². The first kappa shape index (κ1) is 16.7. The zero-order valence-corrected chi connectivity index (χ0v) is 15.1. The molecule has 0 amide bonds. The van der Waals surface area contributed by atoms with E-state index < -0.39 is 0 Å². The van der Waals surface area contributed by atoms with Crippen molar-refractivity contribution >= 4 is 17.3 Å². The SMILES string of the molecule is Clc1ccc(N2CCN3CC(COc4ccccc4)CCC3C2)cn1. The van der Waals surface area contributed by atoms with Crippen LogP contribution < -0.4 is 9.64 Å². The third-order valence-corrected chi connectivity index (χ3v) is 5.53. The van der Waals surface area contributed by atoms with Gasteiger partial charge in [0.15, 0.2) is 0 Å². The minimum absolute atomic E-state index is 0.557. The lowest BCUT2D eigenvalue weighted by Crippen LogP contribution is -2.57. The van der Waals surface area contributed by atoms with Gasteiger partial charge in [0.05, 0.1) is 18.5 Å². The van der Waals surface area contributed by atoms with E-state index in [1.165, 1.54) is 18.5 Å². The maximum Gasteiger partial charge on any atom is 0.129 e. The lowest BCUT2D eigenvalue weighted by molar-refractivity contribution is 0.0729. The number of ether oxygens (including phenoxy) is 1. The Bertz CT molecular complexity index is 679. The summed E-state index contributed by atoms with van der Waals surface area (Å²) in [7, 11) is 0. The molecule has 25 heavy (non-hydrogen) atoms. The molecule has 132 valence electrons. The van der Waals surface area contributed by atoms with Gasteiger partial charge < -0.3 is 9.64 Å². The second-order valence-corrected chi connectivity index (χ2v) is 7.39. The van der Waals surface area contributed by atoms with Crippen molar-refractivity contribution in [3.63, 3.8) is 0 Å². The van der Waals surface area contributed by atoms with Crippen LogP contribution in [-0.2, 0) is 0 Å². The maximum absolute atomic E-state index is 5.97. The first-order valence-corrected chi connectivity index (χ1v) is 9.44. The van der Waals surface area contributed by atoms with Crippen LogP contribution in [0.1, 0.15) is 12.8 Å². The van der Waals surface area contributed by atoms with Gasteiger partial charge in [-0.3, -0.25) is 4.90 Å². The fourth-order valence-corrected chi connectivity index (χ4v) is 4.03. The van der Waals surface area contributed by atoms with Crippen LogP contribution in [-0.4, -0.2) is 48.7 Å². The average molecular weight is 358 g/mol. The third kappa shape index (κ3) is 4.07. The summed E-state index contributed by atoms with van der Waals surface area (Å²) in [5.41, 5.74) is 1.18. The third-order valence-electron chi connectivity index (χ3n) is 5.31. The summed E-state index contributed by atoms with van der Waals surface area (Å²) in [6.07, 6.45) is 4.36. The number of nitrogens with zero attached hydrogens (tertiary/aromatic N) is 3. The number of piperidine rings is 1. The highest BCUT2D eigenvalue weighted by atomic mass is 35.5. The molecule has 0 N–H and O–H groups in total. The summed E-state index contributed by atoms with van der Waals surface area (Å²) in [4.78, 5) is 9.29. The largest absolute Gasteiger partial charge is 0.493 e. The van der Waals surface area contributed by atoms with Gasteiger partial charge >= 0.3 is 0 Å². The van der Waals surface area contributed by atoms with E-state index in [1.807, 2.05) is 42.6 Å². The van der Waals surface area contributed by atoms with E-state index in [0.717, 1.165) is 38.5 Å². The molecule has 0 saturated carbocycles. The number of pyridine rings is 1. The molecule has 2 saturated heterocycles. The molecule has 4 nitrogen and oxygen atoms in total. The fraction of sp³-hybridized carbons (Fsp3) is 0.450. The molecule has 1 aromatic carbocycles.